The third-order valence-corrected chi connectivity index (χ3v) is 7.27. The van der Waals surface area contributed by atoms with Gasteiger partial charge in [0.1, 0.15) is 11.3 Å². The third-order valence-electron chi connectivity index (χ3n) is 5.32. The second-order valence-corrected chi connectivity index (χ2v) is 9.20. The van der Waals surface area contributed by atoms with Crippen molar-refractivity contribution in [2.24, 2.45) is 0 Å². The van der Waals surface area contributed by atoms with Gasteiger partial charge in [-0.3, -0.25) is 4.79 Å². The van der Waals surface area contributed by atoms with Crippen LogP contribution in [-0.4, -0.2) is 14.3 Å². The first-order valence-corrected chi connectivity index (χ1v) is 10.9. The predicted octanol–water partition coefficient (Wildman–Crippen LogP) is 4.67. The van der Waals surface area contributed by atoms with Gasteiger partial charge in [0.25, 0.3) is 10.0 Å². The molecule has 2 aromatic carbocycles. The lowest BCUT2D eigenvalue weighted by Gasteiger charge is -2.22. The molecule has 146 valence electrons. The molecule has 6 heteroatoms. The van der Waals surface area contributed by atoms with Gasteiger partial charge in [-0.15, -0.1) is 0 Å². The van der Waals surface area contributed by atoms with Gasteiger partial charge in [-0.2, -0.15) is 0 Å². The van der Waals surface area contributed by atoms with Crippen LogP contribution >= 0.6 is 0 Å². The maximum Gasteiger partial charge on any atom is 0.271 e. The van der Waals surface area contributed by atoms with E-state index in [2.05, 4.69) is 0 Å². The highest BCUT2D eigenvalue weighted by atomic mass is 32.2. The first-order chi connectivity index (χ1) is 13.3. The molecule has 1 amide bonds. The van der Waals surface area contributed by atoms with Gasteiger partial charge in [0, 0.05) is 24.3 Å². The van der Waals surface area contributed by atoms with Gasteiger partial charge in [0.15, 0.2) is 0 Å². The van der Waals surface area contributed by atoms with E-state index in [1.165, 1.54) is 6.92 Å². The van der Waals surface area contributed by atoms with Gasteiger partial charge in [-0.1, -0.05) is 12.1 Å². The van der Waals surface area contributed by atoms with Crippen molar-refractivity contribution in [1.29, 1.82) is 0 Å². The summed E-state index contributed by atoms with van der Waals surface area (Å²) in [5.74, 6) is 0.433. The minimum Gasteiger partial charge on any atom is -0.461 e. The highest BCUT2D eigenvalue weighted by molar-refractivity contribution is 7.93. The third kappa shape index (κ3) is 3.02. The monoisotopic (exact) mass is 397 g/mol. The number of nitrogens with zero attached hydrogens (tertiary/aromatic N) is 1. The molecule has 1 aromatic heterocycles. The highest BCUT2D eigenvalue weighted by Crippen LogP contribution is 2.35. The summed E-state index contributed by atoms with van der Waals surface area (Å²) in [6.45, 7) is 4.85. The Bertz CT molecular complexity index is 1190. The Morgan fingerprint density at radius 3 is 2.54 bits per heavy atom. The van der Waals surface area contributed by atoms with Crippen molar-refractivity contribution < 1.29 is 17.6 Å². The molecule has 1 aliphatic carbocycles. The number of benzene rings is 2. The summed E-state index contributed by atoms with van der Waals surface area (Å²) >= 11 is 0. The molecule has 0 atom stereocenters. The van der Waals surface area contributed by atoms with Crippen molar-refractivity contribution in [2.75, 3.05) is 4.31 Å². The van der Waals surface area contributed by atoms with Crippen LogP contribution in [0.1, 0.15) is 42.2 Å². The van der Waals surface area contributed by atoms with Crippen LogP contribution in [0.3, 0.4) is 0 Å². The van der Waals surface area contributed by atoms with E-state index in [1.54, 1.807) is 37.3 Å². The number of sulfonamides is 1. The van der Waals surface area contributed by atoms with E-state index in [9.17, 15) is 13.2 Å². The number of furan rings is 1. The largest absolute Gasteiger partial charge is 0.461 e. The van der Waals surface area contributed by atoms with Crippen LogP contribution < -0.4 is 4.31 Å². The molecular weight excluding hydrogens is 374 g/mol. The number of amides is 1. The molecule has 4 rings (SSSR count). The summed E-state index contributed by atoms with van der Waals surface area (Å²) in [6, 6.07) is 10.4. The lowest BCUT2D eigenvalue weighted by atomic mass is 9.96. The van der Waals surface area contributed by atoms with Gasteiger partial charge in [0.2, 0.25) is 5.91 Å². The summed E-state index contributed by atoms with van der Waals surface area (Å²) in [5, 5.41) is 0.898. The number of aryl methyl sites for hydroxylation is 4. The summed E-state index contributed by atoms with van der Waals surface area (Å²) in [7, 11) is -4.03. The molecule has 0 fully saturated rings. The molecule has 0 radical (unpaired) electrons. The summed E-state index contributed by atoms with van der Waals surface area (Å²) in [6.07, 6.45) is 4.00. The quantitative estimate of drug-likeness (QED) is 0.644. The maximum atomic E-state index is 13.4. The van der Waals surface area contributed by atoms with Crippen molar-refractivity contribution in [1.82, 2.24) is 0 Å². The van der Waals surface area contributed by atoms with Gasteiger partial charge in [-0.05, 0) is 68.5 Å². The molecule has 1 heterocycles. The van der Waals surface area contributed by atoms with Gasteiger partial charge >= 0.3 is 0 Å². The molecule has 5 nitrogen and oxygen atoms in total. The zero-order valence-electron chi connectivity index (χ0n) is 16.3. The zero-order valence-corrected chi connectivity index (χ0v) is 17.1. The lowest BCUT2D eigenvalue weighted by molar-refractivity contribution is -0.115. The van der Waals surface area contributed by atoms with Crippen LogP contribution in [0.4, 0.5) is 5.69 Å². The number of carbonyl (C=O) groups is 1. The second-order valence-electron chi connectivity index (χ2n) is 7.45. The summed E-state index contributed by atoms with van der Waals surface area (Å²) in [5.41, 5.74) is 3.65. The number of hydrogen-bond donors (Lipinski definition) is 0. The Morgan fingerprint density at radius 1 is 1.04 bits per heavy atom. The average molecular weight is 397 g/mol. The Morgan fingerprint density at radius 2 is 1.79 bits per heavy atom. The molecule has 0 N–H and O–H groups in total. The van der Waals surface area contributed by atoms with Crippen LogP contribution in [0, 0.1) is 13.8 Å². The standard InChI is InChI=1S/C22H23NO4S/c1-14-8-9-15(2)22(12-14)28(25,26)23(16(3)24)17-10-11-21-19(13-17)18-6-4-5-7-20(18)27-21/h8-13H,4-7H2,1-3H3. The molecule has 3 aromatic rings. The van der Waals surface area contributed by atoms with E-state index < -0.39 is 15.9 Å². The van der Waals surface area contributed by atoms with Crippen molar-refractivity contribution in [3.63, 3.8) is 0 Å². The van der Waals surface area contributed by atoms with Crippen molar-refractivity contribution >= 4 is 32.6 Å². The highest BCUT2D eigenvalue weighted by Gasteiger charge is 2.31. The molecule has 0 spiro atoms. The summed E-state index contributed by atoms with van der Waals surface area (Å²) in [4.78, 5) is 12.6. The fraction of sp³-hybridized carbons (Fsp3) is 0.318. The van der Waals surface area contributed by atoms with Crippen molar-refractivity contribution in [3.05, 3.63) is 58.8 Å². The van der Waals surface area contributed by atoms with Gasteiger partial charge in [0.05, 0.1) is 10.6 Å². The molecule has 0 unspecified atom stereocenters. The fourth-order valence-electron chi connectivity index (χ4n) is 3.95. The number of hydrogen-bond acceptors (Lipinski definition) is 4. The van der Waals surface area contributed by atoms with Gasteiger partial charge in [-0.25, -0.2) is 12.7 Å². The minimum atomic E-state index is -4.03. The molecule has 0 bridgehead atoms. The summed E-state index contributed by atoms with van der Waals surface area (Å²) < 4.78 is 33.6. The van der Waals surface area contributed by atoms with Crippen LogP contribution in [-0.2, 0) is 27.7 Å². The van der Waals surface area contributed by atoms with Crippen LogP contribution in [0.2, 0.25) is 0 Å². The topological polar surface area (TPSA) is 67.6 Å². The maximum absolute atomic E-state index is 13.4. The van der Waals surface area contributed by atoms with Gasteiger partial charge < -0.3 is 4.42 Å². The Balaban J connectivity index is 1.88. The lowest BCUT2D eigenvalue weighted by Crippen LogP contribution is -2.35. The number of carbonyl (C=O) groups excluding carboxylic acids is 1. The molecule has 1 aliphatic rings. The van der Waals surface area contributed by atoms with Crippen molar-refractivity contribution in [2.45, 2.75) is 51.3 Å². The van der Waals surface area contributed by atoms with Crippen LogP contribution in [0.15, 0.2) is 45.7 Å². The Labute approximate surface area is 165 Å². The van der Waals surface area contributed by atoms with Crippen LogP contribution in [0.5, 0.6) is 0 Å². The number of fused-ring (bicyclic) bond motifs is 3. The number of rotatable bonds is 3. The smallest absolute Gasteiger partial charge is 0.271 e. The van der Waals surface area contributed by atoms with E-state index in [4.69, 9.17) is 4.42 Å². The SMILES string of the molecule is CC(=O)N(c1ccc2oc3c(c2c1)CCCC3)S(=O)(=O)c1cc(C)ccc1C. The molecule has 28 heavy (non-hydrogen) atoms. The van der Waals surface area contributed by atoms with E-state index in [0.29, 0.717) is 11.3 Å². The molecule has 0 aliphatic heterocycles. The van der Waals surface area contributed by atoms with Crippen LogP contribution in [0.25, 0.3) is 11.0 Å². The minimum absolute atomic E-state index is 0.150. The second kappa shape index (κ2) is 6.78. The molecule has 0 saturated carbocycles. The Hall–Kier alpha value is -2.60. The first-order valence-electron chi connectivity index (χ1n) is 9.46. The van der Waals surface area contributed by atoms with E-state index in [-0.39, 0.29) is 4.90 Å². The molecular formula is C22H23NO4S. The normalized spacial score (nSPS) is 14.1. The Kier molecular flexibility index (Phi) is 4.54. The first kappa shape index (κ1) is 18.7. The van der Waals surface area contributed by atoms with E-state index in [1.807, 2.05) is 13.0 Å². The van der Waals surface area contributed by atoms with E-state index >= 15 is 0 Å². The van der Waals surface area contributed by atoms with E-state index in [0.717, 1.165) is 57.8 Å². The number of anilines is 1. The fourth-order valence-corrected chi connectivity index (χ4v) is 5.69. The zero-order chi connectivity index (χ0) is 20.1. The van der Waals surface area contributed by atoms with Crippen molar-refractivity contribution in [3.8, 4) is 0 Å². The average Bonchev–Trinajstić information content (AvgIpc) is 3.01. The predicted molar refractivity (Wildman–Crippen MR) is 109 cm³/mol. The molecule has 0 saturated heterocycles.